The van der Waals surface area contributed by atoms with Gasteiger partial charge in [-0.2, -0.15) is 0 Å². The monoisotopic (exact) mass is 270 g/mol. The molecule has 1 aliphatic rings. The molecule has 0 atom stereocenters. The fraction of sp³-hybridized carbons (Fsp3) is 0.200. The molecule has 1 aromatic heterocycles. The molecule has 0 spiro atoms. The van der Waals surface area contributed by atoms with Crippen molar-refractivity contribution in [1.29, 1.82) is 0 Å². The van der Waals surface area contributed by atoms with E-state index in [9.17, 15) is 4.39 Å². The SMILES string of the molecule is Fc1cc(C2=NCCN2)ccc1NCc1cccnc1. The zero-order valence-corrected chi connectivity index (χ0v) is 10.9. The van der Waals surface area contributed by atoms with Crippen molar-refractivity contribution in [1.82, 2.24) is 10.3 Å². The molecule has 0 fully saturated rings. The van der Waals surface area contributed by atoms with Gasteiger partial charge in [0.25, 0.3) is 0 Å². The normalized spacial score (nSPS) is 13.8. The lowest BCUT2D eigenvalue weighted by Gasteiger charge is -2.09. The highest BCUT2D eigenvalue weighted by Gasteiger charge is 2.10. The Hall–Kier alpha value is -2.43. The van der Waals surface area contributed by atoms with Crippen LogP contribution in [0.2, 0.25) is 0 Å². The average Bonchev–Trinajstić information content (AvgIpc) is 3.01. The van der Waals surface area contributed by atoms with Gasteiger partial charge in [-0.1, -0.05) is 6.07 Å². The molecular weight excluding hydrogens is 255 g/mol. The maximum atomic E-state index is 14.0. The summed E-state index contributed by atoms with van der Waals surface area (Å²) in [6.07, 6.45) is 3.48. The molecule has 3 rings (SSSR count). The first kappa shape index (κ1) is 12.6. The first-order valence-electron chi connectivity index (χ1n) is 6.54. The molecule has 0 unspecified atom stereocenters. The summed E-state index contributed by atoms with van der Waals surface area (Å²) in [5, 5.41) is 6.20. The molecule has 0 radical (unpaired) electrons. The maximum Gasteiger partial charge on any atom is 0.147 e. The van der Waals surface area contributed by atoms with Gasteiger partial charge in [0.1, 0.15) is 11.7 Å². The predicted octanol–water partition coefficient (Wildman–Crippen LogP) is 2.18. The molecule has 0 saturated heterocycles. The number of pyridine rings is 1. The minimum atomic E-state index is -0.275. The number of anilines is 1. The third-order valence-electron chi connectivity index (χ3n) is 3.12. The summed E-state index contributed by atoms with van der Waals surface area (Å²) in [6, 6.07) is 8.92. The Balaban J connectivity index is 1.71. The van der Waals surface area contributed by atoms with Crippen molar-refractivity contribution in [2.75, 3.05) is 18.4 Å². The minimum Gasteiger partial charge on any atom is -0.379 e. The molecule has 5 heteroatoms. The molecule has 20 heavy (non-hydrogen) atoms. The summed E-state index contributed by atoms with van der Waals surface area (Å²) in [7, 11) is 0. The van der Waals surface area contributed by atoms with E-state index in [1.807, 2.05) is 18.2 Å². The van der Waals surface area contributed by atoms with Gasteiger partial charge in [0.15, 0.2) is 0 Å². The lowest BCUT2D eigenvalue weighted by atomic mass is 10.1. The van der Waals surface area contributed by atoms with E-state index >= 15 is 0 Å². The zero-order valence-electron chi connectivity index (χ0n) is 10.9. The molecule has 0 amide bonds. The third-order valence-corrected chi connectivity index (χ3v) is 3.12. The van der Waals surface area contributed by atoms with Gasteiger partial charge in [0.05, 0.1) is 12.2 Å². The molecule has 2 aromatic rings. The molecule has 102 valence electrons. The van der Waals surface area contributed by atoms with Gasteiger partial charge in [-0.3, -0.25) is 9.98 Å². The molecule has 1 aliphatic heterocycles. The van der Waals surface area contributed by atoms with Crippen molar-refractivity contribution >= 4 is 11.5 Å². The van der Waals surface area contributed by atoms with Gasteiger partial charge in [0, 0.05) is 31.0 Å². The van der Waals surface area contributed by atoms with Crippen molar-refractivity contribution in [2.24, 2.45) is 4.99 Å². The van der Waals surface area contributed by atoms with Crippen LogP contribution in [0.5, 0.6) is 0 Å². The van der Waals surface area contributed by atoms with Crippen molar-refractivity contribution in [3.8, 4) is 0 Å². The second-order valence-corrected chi connectivity index (χ2v) is 4.57. The quantitative estimate of drug-likeness (QED) is 0.895. The number of benzene rings is 1. The molecular formula is C15H15FN4. The smallest absolute Gasteiger partial charge is 0.147 e. The Morgan fingerprint density at radius 1 is 1.30 bits per heavy atom. The van der Waals surface area contributed by atoms with E-state index in [4.69, 9.17) is 0 Å². The first-order chi connectivity index (χ1) is 9.83. The van der Waals surface area contributed by atoms with Crippen molar-refractivity contribution in [2.45, 2.75) is 6.54 Å². The largest absolute Gasteiger partial charge is 0.379 e. The van der Waals surface area contributed by atoms with E-state index in [0.29, 0.717) is 12.2 Å². The van der Waals surface area contributed by atoms with Crippen LogP contribution >= 0.6 is 0 Å². The van der Waals surface area contributed by atoms with Crippen LogP contribution in [0.1, 0.15) is 11.1 Å². The third kappa shape index (κ3) is 2.77. The van der Waals surface area contributed by atoms with Crippen LogP contribution < -0.4 is 10.6 Å². The van der Waals surface area contributed by atoms with Crippen LogP contribution in [0, 0.1) is 5.82 Å². The summed E-state index contributed by atoms with van der Waals surface area (Å²) in [5.74, 6) is 0.491. The van der Waals surface area contributed by atoms with Crippen LogP contribution in [0.3, 0.4) is 0 Å². The molecule has 2 heterocycles. The topological polar surface area (TPSA) is 49.3 Å². The van der Waals surface area contributed by atoms with Gasteiger partial charge in [-0.05, 0) is 29.8 Å². The Labute approximate surface area is 116 Å². The molecule has 2 N–H and O–H groups in total. The maximum absolute atomic E-state index is 14.0. The van der Waals surface area contributed by atoms with E-state index in [1.165, 1.54) is 6.07 Å². The number of rotatable bonds is 4. The van der Waals surface area contributed by atoms with Gasteiger partial charge in [-0.15, -0.1) is 0 Å². The number of nitrogens with zero attached hydrogens (tertiary/aromatic N) is 2. The number of halogens is 1. The van der Waals surface area contributed by atoms with Gasteiger partial charge < -0.3 is 10.6 Å². The van der Waals surface area contributed by atoms with Gasteiger partial charge >= 0.3 is 0 Å². The lowest BCUT2D eigenvalue weighted by Crippen LogP contribution is -2.19. The number of aromatic nitrogens is 1. The summed E-state index contributed by atoms with van der Waals surface area (Å²) < 4.78 is 14.0. The van der Waals surface area contributed by atoms with Gasteiger partial charge in [0.2, 0.25) is 0 Å². The summed E-state index contributed by atoms with van der Waals surface area (Å²) in [4.78, 5) is 8.31. The minimum absolute atomic E-state index is 0.275. The number of hydrogen-bond acceptors (Lipinski definition) is 4. The predicted molar refractivity (Wildman–Crippen MR) is 77.4 cm³/mol. The Morgan fingerprint density at radius 3 is 2.95 bits per heavy atom. The Morgan fingerprint density at radius 2 is 2.25 bits per heavy atom. The summed E-state index contributed by atoms with van der Waals surface area (Å²) in [5.41, 5.74) is 2.28. The molecule has 0 aliphatic carbocycles. The molecule has 0 saturated carbocycles. The van der Waals surface area contributed by atoms with Crippen molar-refractivity contribution in [3.05, 3.63) is 59.7 Å². The second kappa shape index (κ2) is 5.69. The number of amidine groups is 1. The highest BCUT2D eigenvalue weighted by atomic mass is 19.1. The fourth-order valence-electron chi connectivity index (χ4n) is 2.10. The van der Waals surface area contributed by atoms with Crippen molar-refractivity contribution in [3.63, 3.8) is 0 Å². The highest BCUT2D eigenvalue weighted by molar-refractivity contribution is 6.00. The van der Waals surface area contributed by atoms with E-state index < -0.39 is 0 Å². The highest BCUT2D eigenvalue weighted by Crippen LogP contribution is 2.17. The number of hydrogen-bond donors (Lipinski definition) is 2. The first-order valence-corrected chi connectivity index (χ1v) is 6.54. The van der Waals surface area contributed by atoms with Crippen LogP contribution in [-0.2, 0) is 6.54 Å². The standard InChI is InChI=1S/C15H15FN4/c16-13-8-12(15-18-6-7-19-15)3-4-14(13)20-10-11-2-1-5-17-9-11/h1-5,8-9,20H,6-7,10H2,(H,18,19). The molecule has 1 aromatic carbocycles. The van der Waals surface area contributed by atoms with E-state index in [2.05, 4.69) is 20.6 Å². The molecule has 4 nitrogen and oxygen atoms in total. The number of aliphatic imine (C=N–C) groups is 1. The van der Waals surface area contributed by atoms with Crippen LogP contribution in [-0.4, -0.2) is 23.9 Å². The van der Waals surface area contributed by atoms with Gasteiger partial charge in [-0.25, -0.2) is 4.39 Å². The fourth-order valence-corrected chi connectivity index (χ4v) is 2.10. The van der Waals surface area contributed by atoms with Crippen LogP contribution in [0.15, 0.2) is 47.7 Å². The Kier molecular flexibility index (Phi) is 3.58. The van der Waals surface area contributed by atoms with E-state index in [-0.39, 0.29) is 5.82 Å². The lowest BCUT2D eigenvalue weighted by molar-refractivity contribution is 0.629. The van der Waals surface area contributed by atoms with Crippen molar-refractivity contribution < 1.29 is 4.39 Å². The Bertz CT molecular complexity index is 625. The summed E-state index contributed by atoms with van der Waals surface area (Å²) >= 11 is 0. The summed E-state index contributed by atoms with van der Waals surface area (Å²) in [6.45, 7) is 2.11. The average molecular weight is 270 g/mol. The van der Waals surface area contributed by atoms with Crippen LogP contribution in [0.4, 0.5) is 10.1 Å². The molecule has 0 bridgehead atoms. The second-order valence-electron chi connectivity index (χ2n) is 4.57. The zero-order chi connectivity index (χ0) is 13.8. The number of nitrogens with one attached hydrogen (secondary N) is 2. The van der Waals surface area contributed by atoms with Crippen LogP contribution in [0.25, 0.3) is 0 Å². The van der Waals surface area contributed by atoms with E-state index in [1.54, 1.807) is 18.5 Å². The van der Waals surface area contributed by atoms with E-state index in [0.717, 1.165) is 30.1 Å².